The van der Waals surface area contributed by atoms with Crippen molar-refractivity contribution in [1.29, 1.82) is 0 Å². The van der Waals surface area contributed by atoms with E-state index in [1.807, 2.05) is 6.21 Å². The second-order valence-electron chi connectivity index (χ2n) is 5.27. The Balaban J connectivity index is 2.19. The standard InChI is InChI=1S/C16H23NO/c1-12-9-13(2)16(18-3)14(10-12)11-17-15-7-5-4-6-8-15/h9-11,15H,4-8H2,1-3H3. The molecule has 0 heterocycles. The lowest BCUT2D eigenvalue weighted by molar-refractivity contribution is 0.410. The number of methoxy groups -OCH3 is 1. The zero-order valence-corrected chi connectivity index (χ0v) is 11.7. The molecule has 0 saturated heterocycles. The molecule has 1 aromatic carbocycles. The highest BCUT2D eigenvalue weighted by Gasteiger charge is 2.11. The summed E-state index contributed by atoms with van der Waals surface area (Å²) < 4.78 is 5.48. The van der Waals surface area contributed by atoms with E-state index in [2.05, 4.69) is 26.0 Å². The largest absolute Gasteiger partial charge is 0.496 e. The Morgan fingerprint density at radius 2 is 1.89 bits per heavy atom. The number of aliphatic imine (C=N–C) groups is 1. The Morgan fingerprint density at radius 3 is 2.56 bits per heavy atom. The predicted octanol–water partition coefficient (Wildman–Crippen LogP) is 4.06. The fourth-order valence-corrected chi connectivity index (χ4v) is 2.78. The van der Waals surface area contributed by atoms with E-state index in [-0.39, 0.29) is 0 Å². The van der Waals surface area contributed by atoms with Crippen LogP contribution in [0.4, 0.5) is 0 Å². The van der Waals surface area contributed by atoms with Gasteiger partial charge in [-0.25, -0.2) is 0 Å². The molecule has 0 atom stereocenters. The molecule has 0 unspecified atom stereocenters. The highest BCUT2D eigenvalue weighted by atomic mass is 16.5. The van der Waals surface area contributed by atoms with Gasteiger partial charge >= 0.3 is 0 Å². The topological polar surface area (TPSA) is 21.6 Å². The maximum atomic E-state index is 5.48. The third kappa shape index (κ3) is 3.12. The third-order valence-corrected chi connectivity index (χ3v) is 3.65. The molecule has 1 saturated carbocycles. The van der Waals surface area contributed by atoms with E-state index < -0.39 is 0 Å². The molecule has 2 nitrogen and oxygen atoms in total. The Labute approximate surface area is 110 Å². The van der Waals surface area contributed by atoms with E-state index in [0.29, 0.717) is 6.04 Å². The quantitative estimate of drug-likeness (QED) is 0.736. The fourth-order valence-electron chi connectivity index (χ4n) is 2.78. The summed E-state index contributed by atoms with van der Waals surface area (Å²) in [7, 11) is 1.73. The smallest absolute Gasteiger partial charge is 0.130 e. The number of aryl methyl sites for hydroxylation is 2. The van der Waals surface area contributed by atoms with Gasteiger partial charge in [0, 0.05) is 17.8 Å². The molecule has 2 rings (SSSR count). The maximum absolute atomic E-state index is 5.48. The molecule has 2 heteroatoms. The minimum absolute atomic E-state index is 0.518. The van der Waals surface area contributed by atoms with Gasteiger partial charge in [-0.15, -0.1) is 0 Å². The van der Waals surface area contributed by atoms with E-state index in [4.69, 9.17) is 9.73 Å². The van der Waals surface area contributed by atoms with E-state index >= 15 is 0 Å². The molecule has 0 radical (unpaired) electrons. The monoisotopic (exact) mass is 245 g/mol. The molecule has 0 bridgehead atoms. The van der Waals surface area contributed by atoms with Crippen molar-refractivity contribution in [3.63, 3.8) is 0 Å². The minimum Gasteiger partial charge on any atom is -0.496 e. The molecule has 1 fully saturated rings. The first kappa shape index (κ1) is 13.1. The summed E-state index contributed by atoms with van der Waals surface area (Å²) >= 11 is 0. The van der Waals surface area contributed by atoms with Crippen molar-refractivity contribution < 1.29 is 4.74 Å². The minimum atomic E-state index is 0.518. The summed E-state index contributed by atoms with van der Waals surface area (Å²) in [5.41, 5.74) is 3.56. The highest BCUT2D eigenvalue weighted by Crippen LogP contribution is 2.25. The van der Waals surface area contributed by atoms with Gasteiger partial charge in [-0.2, -0.15) is 0 Å². The number of benzene rings is 1. The van der Waals surface area contributed by atoms with Crippen LogP contribution in [0.15, 0.2) is 17.1 Å². The van der Waals surface area contributed by atoms with Crippen LogP contribution in [0.3, 0.4) is 0 Å². The lowest BCUT2D eigenvalue weighted by Gasteiger charge is -2.17. The molecule has 1 aromatic rings. The SMILES string of the molecule is COc1c(C)cc(C)cc1C=NC1CCCCC1. The first-order chi connectivity index (χ1) is 8.70. The summed E-state index contributed by atoms with van der Waals surface area (Å²) in [4.78, 5) is 4.74. The van der Waals surface area contributed by atoms with Crippen LogP contribution in [0.25, 0.3) is 0 Å². The van der Waals surface area contributed by atoms with Gasteiger partial charge in [0.15, 0.2) is 0 Å². The Hall–Kier alpha value is -1.31. The van der Waals surface area contributed by atoms with Gasteiger partial charge < -0.3 is 4.74 Å². The van der Waals surface area contributed by atoms with Gasteiger partial charge in [0.25, 0.3) is 0 Å². The predicted molar refractivity (Wildman–Crippen MR) is 76.9 cm³/mol. The molecule has 0 N–H and O–H groups in total. The van der Waals surface area contributed by atoms with Crippen LogP contribution >= 0.6 is 0 Å². The van der Waals surface area contributed by atoms with Crippen molar-refractivity contribution >= 4 is 6.21 Å². The van der Waals surface area contributed by atoms with Crippen molar-refractivity contribution in [3.8, 4) is 5.75 Å². The van der Waals surface area contributed by atoms with E-state index in [9.17, 15) is 0 Å². The average molecular weight is 245 g/mol. The van der Waals surface area contributed by atoms with Crippen LogP contribution in [0, 0.1) is 13.8 Å². The van der Waals surface area contributed by atoms with Crippen LogP contribution in [0.5, 0.6) is 5.75 Å². The van der Waals surface area contributed by atoms with Gasteiger partial charge in [0.05, 0.1) is 7.11 Å². The van der Waals surface area contributed by atoms with Gasteiger partial charge in [-0.05, 0) is 43.9 Å². The number of ether oxygens (including phenoxy) is 1. The zero-order valence-electron chi connectivity index (χ0n) is 11.7. The van der Waals surface area contributed by atoms with Crippen LogP contribution in [-0.4, -0.2) is 19.4 Å². The first-order valence-corrected chi connectivity index (χ1v) is 6.89. The second-order valence-corrected chi connectivity index (χ2v) is 5.27. The number of nitrogens with zero attached hydrogens (tertiary/aromatic N) is 1. The van der Waals surface area contributed by atoms with Crippen molar-refractivity contribution in [2.75, 3.05) is 7.11 Å². The molecule has 1 aliphatic rings. The van der Waals surface area contributed by atoms with Crippen molar-refractivity contribution in [2.45, 2.75) is 52.0 Å². The average Bonchev–Trinajstić information content (AvgIpc) is 2.37. The Morgan fingerprint density at radius 1 is 1.17 bits per heavy atom. The van der Waals surface area contributed by atoms with Crippen LogP contribution in [-0.2, 0) is 0 Å². The van der Waals surface area contributed by atoms with E-state index in [1.165, 1.54) is 43.2 Å². The summed E-state index contributed by atoms with van der Waals surface area (Å²) in [6.45, 7) is 4.20. The summed E-state index contributed by atoms with van der Waals surface area (Å²) in [6.07, 6.45) is 8.51. The Kier molecular flexibility index (Phi) is 4.40. The molecule has 0 aromatic heterocycles. The second kappa shape index (κ2) is 6.03. The normalized spacial score (nSPS) is 17.3. The molecule has 98 valence electrons. The van der Waals surface area contributed by atoms with E-state index in [0.717, 1.165) is 11.3 Å². The first-order valence-electron chi connectivity index (χ1n) is 6.89. The van der Waals surface area contributed by atoms with E-state index in [1.54, 1.807) is 7.11 Å². The molecule has 0 spiro atoms. The van der Waals surface area contributed by atoms with Crippen molar-refractivity contribution in [3.05, 3.63) is 28.8 Å². The molecular formula is C16H23NO. The summed E-state index contributed by atoms with van der Waals surface area (Å²) in [6, 6.07) is 4.82. The molecule has 18 heavy (non-hydrogen) atoms. The summed E-state index contributed by atoms with van der Waals surface area (Å²) in [5, 5.41) is 0. The van der Waals surface area contributed by atoms with Gasteiger partial charge in [0.2, 0.25) is 0 Å². The van der Waals surface area contributed by atoms with Crippen LogP contribution in [0.2, 0.25) is 0 Å². The molecule has 0 amide bonds. The zero-order chi connectivity index (χ0) is 13.0. The van der Waals surface area contributed by atoms with Crippen LogP contribution in [0.1, 0.15) is 48.8 Å². The van der Waals surface area contributed by atoms with Gasteiger partial charge in [0.1, 0.15) is 5.75 Å². The molecule has 1 aliphatic carbocycles. The van der Waals surface area contributed by atoms with Crippen LogP contribution < -0.4 is 4.74 Å². The maximum Gasteiger partial charge on any atom is 0.130 e. The molecular weight excluding hydrogens is 222 g/mol. The highest BCUT2D eigenvalue weighted by molar-refractivity contribution is 5.84. The van der Waals surface area contributed by atoms with Gasteiger partial charge in [-0.1, -0.05) is 25.3 Å². The fraction of sp³-hybridized carbons (Fsp3) is 0.562. The molecule has 0 aliphatic heterocycles. The lowest BCUT2D eigenvalue weighted by atomic mass is 9.96. The van der Waals surface area contributed by atoms with Crippen molar-refractivity contribution in [1.82, 2.24) is 0 Å². The number of rotatable bonds is 3. The third-order valence-electron chi connectivity index (χ3n) is 3.65. The van der Waals surface area contributed by atoms with Gasteiger partial charge in [-0.3, -0.25) is 4.99 Å². The van der Waals surface area contributed by atoms with Crippen molar-refractivity contribution in [2.24, 2.45) is 4.99 Å². The number of hydrogen-bond acceptors (Lipinski definition) is 2. The lowest BCUT2D eigenvalue weighted by Crippen LogP contribution is -2.09. The Bertz CT molecular complexity index is 431. The number of hydrogen-bond donors (Lipinski definition) is 0. The summed E-state index contributed by atoms with van der Waals surface area (Å²) in [5.74, 6) is 0.958.